The van der Waals surface area contributed by atoms with Crippen molar-refractivity contribution in [2.24, 2.45) is 10.2 Å². The summed E-state index contributed by atoms with van der Waals surface area (Å²) in [5, 5.41) is 8.56. The van der Waals surface area contributed by atoms with Crippen LogP contribution in [0.1, 0.15) is 20.3 Å². The Hall–Kier alpha value is -3.09. The molecule has 2 aromatic rings. The van der Waals surface area contributed by atoms with Crippen LogP contribution in [0.3, 0.4) is 0 Å². The van der Waals surface area contributed by atoms with Crippen LogP contribution in [0.15, 0.2) is 52.7 Å². The Bertz CT molecular complexity index is 791. The van der Waals surface area contributed by atoms with E-state index in [2.05, 4.69) is 15.1 Å². The second-order valence-corrected chi connectivity index (χ2v) is 5.89. The molecule has 0 spiro atoms. The first-order valence-electron chi connectivity index (χ1n) is 9.25. The number of methoxy groups -OCH3 is 2. The maximum Gasteiger partial charge on any atom is 0.307 e. The summed E-state index contributed by atoms with van der Waals surface area (Å²) < 4.78 is 15.5. The SMILES string of the molecule is CCOC(=O)CCN(CC)c1ccc(/N=N/c2cc(OC)ccc2OC)cc1. The summed E-state index contributed by atoms with van der Waals surface area (Å²) in [7, 11) is 3.19. The Morgan fingerprint density at radius 2 is 1.75 bits per heavy atom. The van der Waals surface area contributed by atoms with Crippen molar-refractivity contribution in [1.29, 1.82) is 0 Å². The minimum atomic E-state index is -0.182. The minimum absolute atomic E-state index is 0.182. The predicted molar refractivity (Wildman–Crippen MR) is 109 cm³/mol. The van der Waals surface area contributed by atoms with Gasteiger partial charge in [0.05, 0.1) is 32.9 Å². The van der Waals surface area contributed by atoms with E-state index in [1.807, 2.05) is 44.2 Å². The monoisotopic (exact) mass is 385 g/mol. The molecule has 0 heterocycles. The summed E-state index contributed by atoms with van der Waals surface area (Å²) in [6.45, 7) is 5.67. The Morgan fingerprint density at radius 3 is 2.36 bits per heavy atom. The quantitative estimate of drug-likeness (QED) is 0.430. The largest absolute Gasteiger partial charge is 0.497 e. The van der Waals surface area contributed by atoms with Crippen molar-refractivity contribution in [3.05, 3.63) is 42.5 Å². The van der Waals surface area contributed by atoms with Crippen LogP contribution < -0.4 is 14.4 Å². The number of carbonyl (C=O) groups excluding carboxylic acids is 1. The normalized spacial score (nSPS) is 10.7. The fourth-order valence-corrected chi connectivity index (χ4v) is 2.65. The van der Waals surface area contributed by atoms with Crippen LogP contribution in [0.4, 0.5) is 17.1 Å². The maximum atomic E-state index is 11.6. The summed E-state index contributed by atoms with van der Waals surface area (Å²) in [4.78, 5) is 13.7. The van der Waals surface area contributed by atoms with Gasteiger partial charge in [-0.05, 0) is 50.2 Å². The molecule has 0 fully saturated rings. The van der Waals surface area contributed by atoms with Gasteiger partial charge in [0.2, 0.25) is 0 Å². The van der Waals surface area contributed by atoms with Gasteiger partial charge in [-0.2, -0.15) is 5.11 Å². The van der Waals surface area contributed by atoms with Crippen molar-refractivity contribution in [2.75, 3.05) is 38.8 Å². The standard InChI is InChI=1S/C21H27N3O4/c1-5-24(14-13-21(25)28-6-2)17-9-7-16(8-10-17)22-23-19-15-18(26-3)11-12-20(19)27-4/h7-12,15H,5-6,13-14H2,1-4H3/b23-22+. The third kappa shape index (κ3) is 5.97. The summed E-state index contributed by atoms with van der Waals surface area (Å²) in [5.74, 6) is 1.13. The Kier molecular flexibility index (Phi) is 8.27. The topological polar surface area (TPSA) is 72.7 Å². The van der Waals surface area contributed by atoms with Crippen molar-refractivity contribution in [3.63, 3.8) is 0 Å². The lowest BCUT2D eigenvalue weighted by molar-refractivity contribution is -0.142. The Balaban J connectivity index is 2.07. The third-order valence-electron chi connectivity index (χ3n) is 4.15. The smallest absolute Gasteiger partial charge is 0.307 e. The molecule has 28 heavy (non-hydrogen) atoms. The summed E-state index contributed by atoms with van der Waals surface area (Å²) in [5.41, 5.74) is 2.33. The molecule has 0 radical (unpaired) electrons. The van der Waals surface area contributed by atoms with Gasteiger partial charge in [-0.25, -0.2) is 0 Å². The Morgan fingerprint density at radius 1 is 1.00 bits per heavy atom. The van der Waals surface area contributed by atoms with Gasteiger partial charge >= 0.3 is 5.97 Å². The van der Waals surface area contributed by atoms with Gasteiger partial charge in [-0.1, -0.05) is 0 Å². The second kappa shape index (κ2) is 10.9. The van der Waals surface area contributed by atoms with Crippen LogP contribution in [0.2, 0.25) is 0 Å². The summed E-state index contributed by atoms with van der Waals surface area (Å²) >= 11 is 0. The first-order valence-corrected chi connectivity index (χ1v) is 9.25. The average molecular weight is 385 g/mol. The molecule has 0 amide bonds. The van der Waals surface area contributed by atoms with E-state index < -0.39 is 0 Å². The van der Waals surface area contributed by atoms with E-state index in [0.29, 0.717) is 36.8 Å². The zero-order chi connectivity index (χ0) is 20.4. The van der Waals surface area contributed by atoms with E-state index in [1.165, 1.54) is 0 Å². The molecule has 2 aromatic carbocycles. The van der Waals surface area contributed by atoms with Gasteiger partial charge in [0.15, 0.2) is 0 Å². The molecule has 0 aliphatic carbocycles. The van der Waals surface area contributed by atoms with Crippen LogP contribution in [0, 0.1) is 0 Å². The first-order chi connectivity index (χ1) is 13.6. The van der Waals surface area contributed by atoms with Gasteiger partial charge < -0.3 is 19.1 Å². The van der Waals surface area contributed by atoms with Crippen LogP contribution in [0.5, 0.6) is 11.5 Å². The number of hydrogen-bond donors (Lipinski definition) is 0. The molecule has 0 aliphatic heterocycles. The molecule has 2 rings (SSSR count). The predicted octanol–water partition coefficient (Wildman–Crippen LogP) is 4.90. The number of anilines is 1. The van der Waals surface area contributed by atoms with Crippen LogP contribution in [-0.2, 0) is 9.53 Å². The molecule has 7 heteroatoms. The zero-order valence-corrected chi connectivity index (χ0v) is 16.8. The lowest BCUT2D eigenvalue weighted by Crippen LogP contribution is -2.26. The molecule has 0 aliphatic rings. The number of carbonyl (C=O) groups is 1. The van der Waals surface area contributed by atoms with E-state index in [-0.39, 0.29) is 5.97 Å². The van der Waals surface area contributed by atoms with E-state index in [9.17, 15) is 4.79 Å². The number of hydrogen-bond acceptors (Lipinski definition) is 7. The highest BCUT2D eigenvalue weighted by atomic mass is 16.5. The maximum absolute atomic E-state index is 11.6. The Labute approximate surface area is 165 Å². The number of ether oxygens (including phenoxy) is 3. The highest BCUT2D eigenvalue weighted by Crippen LogP contribution is 2.33. The number of esters is 1. The van der Waals surface area contributed by atoms with Crippen molar-refractivity contribution in [2.45, 2.75) is 20.3 Å². The van der Waals surface area contributed by atoms with E-state index in [0.717, 1.165) is 17.9 Å². The second-order valence-electron chi connectivity index (χ2n) is 5.89. The number of rotatable bonds is 10. The van der Waals surface area contributed by atoms with Crippen LogP contribution in [0.25, 0.3) is 0 Å². The van der Waals surface area contributed by atoms with Crippen LogP contribution in [-0.4, -0.2) is 39.9 Å². The third-order valence-corrected chi connectivity index (χ3v) is 4.15. The fraction of sp³-hybridized carbons (Fsp3) is 0.381. The van der Waals surface area contributed by atoms with Crippen molar-refractivity contribution in [1.82, 2.24) is 0 Å². The molecule has 0 atom stereocenters. The average Bonchev–Trinajstić information content (AvgIpc) is 2.73. The van der Waals surface area contributed by atoms with Crippen molar-refractivity contribution >= 4 is 23.0 Å². The molecule has 150 valence electrons. The molecule has 7 nitrogen and oxygen atoms in total. The van der Waals surface area contributed by atoms with Gasteiger partial charge in [0.25, 0.3) is 0 Å². The highest BCUT2D eigenvalue weighted by molar-refractivity contribution is 5.70. The van der Waals surface area contributed by atoms with E-state index in [1.54, 1.807) is 26.4 Å². The molecule has 0 saturated heterocycles. The molecule has 0 N–H and O–H groups in total. The summed E-state index contributed by atoms with van der Waals surface area (Å²) in [6, 6.07) is 13.1. The number of nitrogens with zero attached hydrogens (tertiary/aromatic N) is 3. The highest BCUT2D eigenvalue weighted by Gasteiger charge is 2.09. The van der Waals surface area contributed by atoms with E-state index in [4.69, 9.17) is 14.2 Å². The molecule has 0 saturated carbocycles. The molecule has 0 aromatic heterocycles. The van der Waals surface area contributed by atoms with Crippen molar-refractivity contribution in [3.8, 4) is 11.5 Å². The van der Waals surface area contributed by atoms with Gasteiger partial charge in [-0.3, -0.25) is 4.79 Å². The lowest BCUT2D eigenvalue weighted by atomic mass is 10.2. The molecule has 0 unspecified atom stereocenters. The van der Waals surface area contributed by atoms with Gasteiger partial charge in [0.1, 0.15) is 17.2 Å². The zero-order valence-electron chi connectivity index (χ0n) is 16.8. The van der Waals surface area contributed by atoms with Crippen molar-refractivity contribution < 1.29 is 19.0 Å². The minimum Gasteiger partial charge on any atom is -0.497 e. The molecular weight excluding hydrogens is 358 g/mol. The number of azo groups is 1. The molecule has 0 bridgehead atoms. The van der Waals surface area contributed by atoms with Gasteiger partial charge in [0, 0.05) is 24.8 Å². The van der Waals surface area contributed by atoms with E-state index >= 15 is 0 Å². The number of benzene rings is 2. The summed E-state index contributed by atoms with van der Waals surface area (Å²) in [6.07, 6.45) is 0.360. The van der Waals surface area contributed by atoms with Gasteiger partial charge in [-0.15, -0.1) is 5.11 Å². The fourth-order valence-electron chi connectivity index (χ4n) is 2.65. The lowest BCUT2D eigenvalue weighted by Gasteiger charge is -2.22. The first kappa shape index (κ1) is 21.2. The molecular formula is C21H27N3O4. The van der Waals surface area contributed by atoms with Crippen LogP contribution >= 0.6 is 0 Å².